The van der Waals surface area contributed by atoms with Gasteiger partial charge in [0.15, 0.2) is 0 Å². The van der Waals surface area contributed by atoms with Gasteiger partial charge in [0.05, 0.1) is 36.2 Å². The Balaban J connectivity index is 1.23. The van der Waals surface area contributed by atoms with Crippen LogP contribution < -0.4 is 14.4 Å². The Morgan fingerprint density at radius 2 is 1.86 bits per heavy atom. The third-order valence-corrected chi connectivity index (χ3v) is 7.82. The summed E-state index contributed by atoms with van der Waals surface area (Å²) in [6, 6.07) is 8.20. The number of ether oxygens (including phenoxy) is 2. The van der Waals surface area contributed by atoms with Gasteiger partial charge in [-0.1, -0.05) is 6.07 Å². The summed E-state index contributed by atoms with van der Waals surface area (Å²) in [5.74, 6) is 1.39. The molecule has 4 aromatic rings. The summed E-state index contributed by atoms with van der Waals surface area (Å²) in [5.41, 5.74) is 1.42. The fourth-order valence-corrected chi connectivity index (χ4v) is 5.92. The van der Waals surface area contributed by atoms with Crippen molar-refractivity contribution < 1.29 is 27.8 Å². The highest BCUT2D eigenvalue weighted by Gasteiger charge is 2.56. The van der Waals surface area contributed by atoms with E-state index in [1.54, 1.807) is 41.7 Å². The summed E-state index contributed by atoms with van der Waals surface area (Å²) in [6.07, 6.45) is 2.26. The molecule has 0 saturated carbocycles. The Morgan fingerprint density at radius 3 is 2.44 bits per heavy atom. The van der Waals surface area contributed by atoms with Crippen LogP contribution in [0.5, 0.6) is 11.6 Å². The van der Waals surface area contributed by atoms with Gasteiger partial charge in [-0.05, 0) is 44.0 Å². The van der Waals surface area contributed by atoms with Crippen LogP contribution in [0.1, 0.15) is 37.4 Å². The lowest BCUT2D eigenvalue weighted by Crippen LogP contribution is -2.70. The molecule has 0 spiro atoms. The zero-order valence-corrected chi connectivity index (χ0v) is 23.8. The number of nitriles is 1. The number of piperazine rings is 1. The minimum absolute atomic E-state index is 0.0555. The molecule has 3 unspecified atom stereocenters. The number of rotatable bonds is 8. The van der Waals surface area contributed by atoms with Crippen LogP contribution in [0.3, 0.4) is 0 Å². The standard InChI is InChI=1S/C30H30F3N7O3/c1-29(2,41)17-43-23-9-24(27-20(10-34)13-37-39(27)16-23)18-4-6-25(35-11-18)38-14-21-8-22(15-38)40(21)28(30(31,32)33)19-5-7-26(42-3)36-12-19/h4-7,9,11-13,16,21-22,28,41H,8,14-15,17H2,1-3H3. The summed E-state index contributed by atoms with van der Waals surface area (Å²) in [5, 5.41) is 24.0. The van der Waals surface area contributed by atoms with Crippen LogP contribution in [0.2, 0.25) is 0 Å². The van der Waals surface area contributed by atoms with Gasteiger partial charge in [0.1, 0.15) is 30.3 Å². The lowest BCUT2D eigenvalue weighted by atomic mass is 9.83. The minimum Gasteiger partial charge on any atom is -0.489 e. The summed E-state index contributed by atoms with van der Waals surface area (Å²) >= 11 is 0. The zero-order valence-electron chi connectivity index (χ0n) is 23.8. The topological polar surface area (TPSA) is 112 Å². The number of methoxy groups -OCH3 is 1. The summed E-state index contributed by atoms with van der Waals surface area (Å²) in [6.45, 7) is 4.15. The van der Waals surface area contributed by atoms with Crippen molar-refractivity contribution in [2.45, 2.75) is 50.2 Å². The highest BCUT2D eigenvalue weighted by Crippen LogP contribution is 2.47. The molecular weight excluding hydrogens is 563 g/mol. The van der Waals surface area contributed by atoms with Gasteiger partial charge in [-0.15, -0.1) is 0 Å². The van der Waals surface area contributed by atoms with Gasteiger partial charge in [-0.3, -0.25) is 4.90 Å². The van der Waals surface area contributed by atoms with Gasteiger partial charge < -0.3 is 19.5 Å². The normalized spacial score (nSPS) is 19.5. The zero-order chi connectivity index (χ0) is 30.5. The molecule has 7 heterocycles. The second-order valence-electron chi connectivity index (χ2n) is 11.5. The fourth-order valence-electron chi connectivity index (χ4n) is 5.92. The van der Waals surface area contributed by atoms with Crippen molar-refractivity contribution in [3.8, 4) is 28.8 Å². The Bertz CT molecular complexity index is 1650. The fraction of sp³-hybridized carbons (Fsp3) is 0.400. The molecule has 3 fully saturated rings. The second-order valence-corrected chi connectivity index (χ2v) is 11.5. The molecule has 0 aliphatic carbocycles. The average Bonchev–Trinajstić information content (AvgIpc) is 3.41. The van der Waals surface area contributed by atoms with E-state index in [2.05, 4.69) is 21.1 Å². The maximum absolute atomic E-state index is 14.3. The number of anilines is 1. The minimum atomic E-state index is -4.46. The molecule has 1 N–H and O–H groups in total. The van der Waals surface area contributed by atoms with Crippen LogP contribution in [0.15, 0.2) is 55.1 Å². The lowest BCUT2D eigenvalue weighted by molar-refractivity contribution is -0.220. The lowest BCUT2D eigenvalue weighted by Gasteiger charge is -2.59. The van der Waals surface area contributed by atoms with Crippen molar-refractivity contribution in [1.82, 2.24) is 24.5 Å². The number of pyridine rings is 3. The molecule has 7 rings (SSSR count). The monoisotopic (exact) mass is 593 g/mol. The molecule has 0 amide bonds. The van der Waals surface area contributed by atoms with E-state index in [1.165, 1.54) is 31.6 Å². The van der Waals surface area contributed by atoms with Gasteiger partial charge >= 0.3 is 6.18 Å². The van der Waals surface area contributed by atoms with E-state index in [-0.39, 0.29) is 30.1 Å². The number of halogens is 3. The van der Waals surface area contributed by atoms with Crippen molar-refractivity contribution in [2.75, 3.05) is 31.7 Å². The number of alkyl halides is 3. The molecule has 0 aromatic carbocycles. The van der Waals surface area contributed by atoms with Crippen molar-refractivity contribution in [3.63, 3.8) is 0 Å². The highest BCUT2D eigenvalue weighted by atomic mass is 19.4. The van der Waals surface area contributed by atoms with Crippen LogP contribution in [0.4, 0.5) is 19.0 Å². The number of nitrogens with zero attached hydrogens (tertiary/aromatic N) is 7. The molecule has 4 aromatic heterocycles. The van der Waals surface area contributed by atoms with Crippen molar-refractivity contribution in [2.24, 2.45) is 0 Å². The van der Waals surface area contributed by atoms with Crippen LogP contribution in [-0.4, -0.2) is 80.3 Å². The average molecular weight is 594 g/mol. The van der Waals surface area contributed by atoms with E-state index in [1.807, 2.05) is 17.0 Å². The van der Waals surface area contributed by atoms with Gasteiger partial charge in [-0.25, -0.2) is 14.5 Å². The van der Waals surface area contributed by atoms with E-state index in [0.717, 1.165) is 0 Å². The number of piperidine rings is 1. The molecule has 0 radical (unpaired) electrons. The number of aliphatic hydroxyl groups is 1. The molecule has 10 nitrogen and oxygen atoms in total. The third kappa shape index (κ3) is 5.55. The van der Waals surface area contributed by atoms with Crippen LogP contribution in [-0.2, 0) is 0 Å². The van der Waals surface area contributed by atoms with E-state index in [0.29, 0.717) is 53.3 Å². The molecular formula is C30H30F3N7O3. The van der Waals surface area contributed by atoms with Crippen LogP contribution in [0, 0.1) is 11.3 Å². The Labute approximate surface area is 245 Å². The molecule has 3 atom stereocenters. The largest absolute Gasteiger partial charge is 0.489 e. The highest BCUT2D eigenvalue weighted by molar-refractivity contribution is 5.85. The molecule has 3 aliphatic rings. The first-order valence-corrected chi connectivity index (χ1v) is 13.8. The number of fused-ring (bicyclic) bond motifs is 3. The van der Waals surface area contributed by atoms with Crippen molar-refractivity contribution in [1.29, 1.82) is 5.26 Å². The summed E-state index contributed by atoms with van der Waals surface area (Å²) in [7, 11) is 1.42. The van der Waals surface area contributed by atoms with E-state index < -0.39 is 17.8 Å². The first kappa shape index (κ1) is 28.7. The first-order chi connectivity index (χ1) is 20.4. The molecule has 224 valence electrons. The van der Waals surface area contributed by atoms with Crippen LogP contribution >= 0.6 is 0 Å². The molecule has 3 saturated heterocycles. The SMILES string of the molecule is COc1ccc(C(N2C3CC2CN(c2ccc(-c4cc(OCC(C)(C)O)cn5ncc(C#N)c45)cn2)C3)C(F)(F)F)cn1. The quantitative estimate of drug-likeness (QED) is 0.318. The van der Waals surface area contributed by atoms with Gasteiger partial charge in [-0.2, -0.15) is 23.5 Å². The maximum Gasteiger partial charge on any atom is 0.408 e. The number of hydrogen-bond donors (Lipinski definition) is 1. The van der Waals surface area contributed by atoms with E-state index in [9.17, 15) is 23.5 Å². The predicted octanol–water partition coefficient (Wildman–Crippen LogP) is 4.39. The predicted molar refractivity (Wildman–Crippen MR) is 151 cm³/mol. The van der Waals surface area contributed by atoms with Gasteiger partial charge in [0.25, 0.3) is 0 Å². The van der Waals surface area contributed by atoms with Crippen molar-refractivity contribution in [3.05, 3.63) is 66.2 Å². The van der Waals surface area contributed by atoms with E-state index >= 15 is 0 Å². The maximum atomic E-state index is 14.3. The molecule has 43 heavy (non-hydrogen) atoms. The Morgan fingerprint density at radius 1 is 1.09 bits per heavy atom. The first-order valence-electron chi connectivity index (χ1n) is 13.8. The van der Waals surface area contributed by atoms with Gasteiger partial charge in [0.2, 0.25) is 5.88 Å². The second kappa shape index (κ2) is 10.7. The summed E-state index contributed by atoms with van der Waals surface area (Å²) in [4.78, 5) is 12.2. The molecule has 2 bridgehead atoms. The smallest absolute Gasteiger partial charge is 0.408 e. The third-order valence-electron chi connectivity index (χ3n) is 7.82. The van der Waals surface area contributed by atoms with E-state index in [4.69, 9.17) is 9.47 Å². The number of aromatic nitrogens is 4. The van der Waals surface area contributed by atoms with Crippen molar-refractivity contribution >= 4 is 11.3 Å². The summed E-state index contributed by atoms with van der Waals surface area (Å²) < 4.78 is 55.3. The number of hydrogen-bond acceptors (Lipinski definition) is 9. The van der Waals surface area contributed by atoms with Gasteiger partial charge in [0, 0.05) is 54.8 Å². The molecule has 13 heteroatoms. The molecule has 3 aliphatic heterocycles. The Kier molecular flexibility index (Phi) is 7.14. The Hall–Kier alpha value is -4.41. The van der Waals surface area contributed by atoms with Crippen LogP contribution in [0.25, 0.3) is 16.6 Å².